The molecule has 2 aliphatic heterocycles. The van der Waals surface area contributed by atoms with E-state index >= 15 is 0 Å². The first-order valence-electron chi connectivity index (χ1n) is 9.35. The maximum Gasteiger partial charge on any atom is 0.227 e. The van der Waals surface area contributed by atoms with Crippen molar-refractivity contribution in [3.63, 3.8) is 0 Å². The summed E-state index contributed by atoms with van der Waals surface area (Å²) in [4.78, 5) is 20.0. The molecule has 2 saturated heterocycles. The van der Waals surface area contributed by atoms with Crippen LogP contribution < -0.4 is 14.7 Å². The molecule has 2 fully saturated rings. The van der Waals surface area contributed by atoms with Gasteiger partial charge in [-0.15, -0.1) is 0 Å². The fourth-order valence-corrected chi connectivity index (χ4v) is 3.68. The van der Waals surface area contributed by atoms with E-state index in [1.54, 1.807) is 24.5 Å². The highest BCUT2D eigenvalue weighted by Crippen LogP contribution is 2.22. The van der Waals surface area contributed by atoms with Crippen molar-refractivity contribution in [3.05, 3.63) is 36.2 Å². The second-order valence-corrected chi connectivity index (χ2v) is 6.92. The molecule has 0 unspecified atom stereocenters. The second-order valence-electron chi connectivity index (χ2n) is 6.92. The Labute approximate surface area is 158 Å². The Balaban J connectivity index is 1.44. The third kappa shape index (κ3) is 3.78. The van der Waals surface area contributed by atoms with E-state index in [1.807, 2.05) is 6.07 Å². The smallest absolute Gasteiger partial charge is 0.227 e. The molecule has 0 saturated carbocycles. The Kier molecular flexibility index (Phi) is 5.03. The van der Waals surface area contributed by atoms with Crippen LogP contribution in [0.5, 0.6) is 0 Å². The number of β-amino-alcohol motifs (C(OH)–C–C–N with tert-alkyl or cyclic N) is 1. The van der Waals surface area contributed by atoms with Gasteiger partial charge in [0.25, 0.3) is 0 Å². The lowest BCUT2D eigenvalue weighted by Gasteiger charge is -2.36. The van der Waals surface area contributed by atoms with Crippen molar-refractivity contribution in [3.8, 4) is 6.07 Å². The number of nitrogens with zero attached hydrogens (tertiary/aromatic N) is 7. The first-order chi connectivity index (χ1) is 13.2. The van der Waals surface area contributed by atoms with E-state index in [2.05, 4.69) is 30.7 Å². The van der Waals surface area contributed by atoms with Gasteiger partial charge in [-0.05, 0) is 31.0 Å². The second kappa shape index (κ2) is 7.76. The standard InChI is InChI=1S/C19H23N7O/c20-13-15-3-1-6-21-18(15)24-9-11-25(12-10-24)19-22-7-5-17(23-19)26-8-2-4-16(27)14-26/h1,3,5-7,16,27H,2,4,8-12,14H2/t16-/m0/s1. The maximum absolute atomic E-state index is 9.91. The summed E-state index contributed by atoms with van der Waals surface area (Å²) in [6.07, 6.45) is 5.06. The predicted octanol–water partition coefficient (Wildman–Crippen LogP) is 1.03. The summed E-state index contributed by atoms with van der Waals surface area (Å²) in [5, 5.41) is 19.2. The fraction of sp³-hybridized carbons (Fsp3) is 0.474. The van der Waals surface area contributed by atoms with Crippen molar-refractivity contribution >= 4 is 17.6 Å². The van der Waals surface area contributed by atoms with Gasteiger partial charge in [0.1, 0.15) is 17.7 Å². The molecule has 0 amide bonds. The third-order valence-corrected chi connectivity index (χ3v) is 5.12. The zero-order valence-electron chi connectivity index (χ0n) is 15.2. The lowest BCUT2D eigenvalue weighted by molar-refractivity contribution is 0.154. The van der Waals surface area contributed by atoms with E-state index in [0.717, 1.165) is 57.2 Å². The largest absolute Gasteiger partial charge is 0.391 e. The molecule has 4 heterocycles. The average molecular weight is 365 g/mol. The maximum atomic E-state index is 9.91. The highest BCUT2D eigenvalue weighted by Gasteiger charge is 2.23. The summed E-state index contributed by atoms with van der Waals surface area (Å²) in [6, 6.07) is 7.71. The Bertz CT molecular complexity index is 829. The molecule has 1 atom stereocenters. The molecule has 0 spiro atoms. The monoisotopic (exact) mass is 365 g/mol. The van der Waals surface area contributed by atoms with E-state index in [1.165, 1.54) is 0 Å². The molecular formula is C19H23N7O. The van der Waals surface area contributed by atoms with Gasteiger partial charge in [0.05, 0.1) is 11.7 Å². The molecular weight excluding hydrogens is 342 g/mol. The molecule has 27 heavy (non-hydrogen) atoms. The highest BCUT2D eigenvalue weighted by molar-refractivity contribution is 5.55. The lowest BCUT2D eigenvalue weighted by atomic mass is 10.1. The molecule has 0 aliphatic carbocycles. The topological polar surface area (TPSA) is 92.4 Å². The zero-order valence-corrected chi connectivity index (χ0v) is 15.2. The quantitative estimate of drug-likeness (QED) is 0.862. The number of piperazine rings is 1. The van der Waals surface area contributed by atoms with Crippen LogP contribution in [-0.4, -0.2) is 65.4 Å². The Morgan fingerprint density at radius 2 is 1.81 bits per heavy atom. The van der Waals surface area contributed by atoms with Crippen molar-refractivity contribution < 1.29 is 5.11 Å². The number of aliphatic hydroxyl groups is 1. The number of hydrogen-bond donors (Lipinski definition) is 1. The first-order valence-corrected chi connectivity index (χ1v) is 9.35. The summed E-state index contributed by atoms with van der Waals surface area (Å²) in [5.74, 6) is 2.34. The SMILES string of the molecule is N#Cc1cccnc1N1CCN(c2nccc(N3CCC[C@H](O)C3)n2)CC1. The molecule has 0 bridgehead atoms. The van der Waals surface area contributed by atoms with Crippen LogP contribution >= 0.6 is 0 Å². The van der Waals surface area contributed by atoms with Gasteiger partial charge in [-0.25, -0.2) is 9.97 Å². The molecule has 140 valence electrons. The third-order valence-electron chi connectivity index (χ3n) is 5.12. The van der Waals surface area contributed by atoms with Crippen molar-refractivity contribution in [2.24, 2.45) is 0 Å². The molecule has 2 aliphatic rings. The number of anilines is 3. The summed E-state index contributed by atoms with van der Waals surface area (Å²) in [7, 11) is 0. The number of rotatable bonds is 3. The van der Waals surface area contributed by atoms with E-state index in [-0.39, 0.29) is 6.10 Å². The van der Waals surface area contributed by atoms with E-state index < -0.39 is 0 Å². The molecule has 4 rings (SSSR count). The van der Waals surface area contributed by atoms with E-state index in [9.17, 15) is 10.4 Å². The van der Waals surface area contributed by atoms with Crippen molar-refractivity contribution in [1.29, 1.82) is 5.26 Å². The Morgan fingerprint density at radius 1 is 1.00 bits per heavy atom. The van der Waals surface area contributed by atoms with E-state index in [4.69, 9.17) is 4.98 Å². The number of hydrogen-bond acceptors (Lipinski definition) is 8. The minimum atomic E-state index is -0.284. The average Bonchev–Trinajstić information content (AvgIpc) is 2.74. The van der Waals surface area contributed by atoms with Crippen molar-refractivity contribution in [2.45, 2.75) is 18.9 Å². The lowest BCUT2D eigenvalue weighted by Crippen LogP contribution is -2.47. The van der Waals surface area contributed by atoms with Crippen LogP contribution in [0.3, 0.4) is 0 Å². The molecule has 2 aromatic rings. The van der Waals surface area contributed by atoms with Gasteiger partial charge < -0.3 is 19.8 Å². The molecule has 8 heteroatoms. The van der Waals surface area contributed by atoms with Crippen LogP contribution in [0.25, 0.3) is 0 Å². The fourth-order valence-electron chi connectivity index (χ4n) is 3.68. The minimum absolute atomic E-state index is 0.284. The summed E-state index contributed by atoms with van der Waals surface area (Å²) in [6.45, 7) is 4.61. The Morgan fingerprint density at radius 3 is 2.59 bits per heavy atom. The van der Waals surface area contributed by atoms with Crippen LogP contribution in [0.2, 0.25) is 0 Å². The predicted molar refractivity (Wildman–Crippen MR) is 103 cm³/mol. The number of piperidine rings is 1. The molecule has 2 aromatic heterocycles. The van der Waals surface area contributed by atoms with Crippen molar-refractivity contribution in [1.82, 2.24) is 15.0 Å². The minimum Gasteiger partial charge on any atom is -0.391 e. The van der Waals surface area contributed by atoms with Gasteiger partial charge >= 0.3 is 0 Å². The van der Waals surface area contributed by atoms with Gasteiger partial charge in [0, 0.05) is 51.7 Å². The highest BCUT2D eigenvalue weighted by atomic mass is 16.3. The number of aromatic nitrogens is 3. The van der Waals surface area contributed by atoms with Crippen LogP contribution in [0.15, 0.2) is 30.6 Å². The molecule has 0 radical (unpaired) electrons. The molecule has 0 aromatic carbocycles. The van der Waals surface area contributed by atoms with Crippen LogP contribution in [0.1, 0.15) is 18.4 Å². The first kappa shape index (κ1) is 17.5. The van der Waals surface area contributed by atoms with Crippen LogP contribution in [-0.2, 0) is 0 Å². The normalized spacial score (nSPS) is 20.4. The summed E-state index contributed by atoms with van der Waals surface area (Å²) >= 11 is 0. The molecule has 1 N–H and O–H groups in total. The Hall–Kier alpha value is -2.92. The number of pyridine rings is 1. The van der Waals surface area contributed by atoms with Crippen LogP contribution in [0.4, 0.5) is 17.6 Å². The van der Waals surface area contributed by atoms with Gasteiger partial charge in [-0.1, -0.05) is 0 Å². The summed E-state index contributed by atoms with van der Waals surface area (Å²) in [5.41, 5.74) is 0.604. The summed E-state index contributed by atoms with van der Waals surface area (Å²) < 4.78 is 0. The van der Waals surface area contributed by atoms with E-state index in [0.29, 0.717) is 18.1 Å². The van der Waals surface area contributed by atoms with Gasteiger partial charge in [0.2, 0.25) is 5.95 Å². The van der Waals surface area contributed by atoms with Crippen molar-refractivity contribution in [2.75, 3.05) is 54.0 Å². The van der Waals surface area contributed by atoms with Gasteiger partial charge in [-0.3, -0.25) is 0 Å². The molecule has 8 nitrogen and oxygen atoms in total. The number of nitriles is 1. The van der Waals surface area contributed by atoms with Gasteiger partial charge in [-0.2, -0.15) is 10.2 Å². The zero-order chi connectivity index (χ0) is 18.6. The number of aliphatic hydroxyl groups excluding tert-OH is 1. The van der Waals surface area contributed by atoms with Crippen LogP contribution in [0, 0.1) is 11.3 Å². The van der Waals surface area contributed by atoms with Gasteiger partial charge in [0.15, 0.2) is 0 Å².